The van der Waals surface area contributed by atoms with Crippen LogP contribution >= 0.6 is 39.1 Å². The number of hydrogen-bond donors (Lipinski definition) is 1. The number of aromatic nitrogens is 1. The van der Waals surface area contributed by atoms with Gasteiger partial charge in [-0.05, 0) is 46.3 Å². The van der Waals surface area contributed by atoms with E-state index >= 15 is 0 Å². The van der Waals surface area contributed by atoms with E-state index < -0.39 is 0 Å². The summed E-state index contributed by atoms with van der Waals surface area (Å²) >= 11 is 15.3. The highest BCUT2D eigenvalue weighted by molar-refractivity contribution is 9.10. The van der Waals surface area contributed by atoms with Crippen LogP contribution in [0.4, 0.5) is 15.8 Å². The van der Waals surface area contributed by atoms with E-state index in [0.717, 1.165) is 0 Å². The first-order valence-electron chi connectivity index (χ1n) is 6.01. The van der Waals surface area contributed by atoms with Gasteiger partial charge in [0.1, 0.15) is 5.82 Å². The second-order valence-electron chi connectivity index (χ2n) is 4.34. The second kappa shape index (κ2) is 5.79. The monoisotopic (exact) mass is 384 g/mol. The van der Waals surface area contributed by atoms with Crippen molar-refractivity contribution in [1.29, 1.82) is 0 Å². The average molecular weight is 386 g/mol. The number of halogens is 4. The second-order valence-corrected chi connectivity index (χ2v) is 5.98. The third kappa shape index (κ3) is 2.71. The summed E-state index contributed by atoms with van der Waals surface area (Å²) in [6.07, 6.45) is 1.61. The molecule has 0 spiro atoms. The Morgan fingerprint density at radius 2 is 1.86 bits per heavy atom. The Bertz CT molecular complexity index is 839. The fourth-order valence-corrected chi connectivity index (χ4v) is 2.71. The van der Waals surface area contributed by atoms with Crippen molar-refractivity contribution in [2.45, 2.75) is 0 Å². The Morgan fingerprint density at radius 1 is 1.05 bits per heavy atom. The summed E-state index contributed by atoms with van der Waals surface area (Å²) in [6.45, 7) is 0. The van der Waals surface area contributed by atoms with Gasteiger partial charge in [0.15, 0.2) is 0 Å². The van der Waals surface area contributed by atoms with Crippen molar-refractivity contribution in [3.8, 4) is 0 Å². The van der Waals surface area contributed by atoms with E-state index in [9.17, 15) is 4.39 Å². The molecule has 6 heteroatoms. The topological polar surface area (TPSA) is 24.9 Å². The van der Waals surface area contributed by atoms with Crippen LogP contribution in [0.3, 0.4) is 0 Å². The molecule has 1 aromatic heterocycles. The molecule has 1 heterocycles. The van der Waals surface area contributed by atoms with Gasteiger partial charge in [0.2, 0.25) is 0 Å². The minimum absolute atomic E-state index is 0.374. The van der Waals surface area contributed by atoms with Gasteiger partial charge in [0.25, 0.3) is 0 Å². The third-order valence-electron chi connectivity index (χ3n) is 3.02. The normalized spacial score (nSPS) is 10.9. The zero-order chi connectivity index (χ0) is 15.0. The van der Waals surface area contributed by atoms with Gasteiger partial charge in [0.05, 0.1) is 36.8 Å². The fourth-order valence-electron chi connectivity index (χ4n) is 2.03. The molecule has 0 aliphatic carbocycles. The Kier molecular flexibility index (Phi) is 4.02. The molecule has 3 rings (SSSR count). The van der Waals surface area contributed by atoms with Crippen LogP contribution in [0.15, 0.2) is 47.1 Å². The van der Waals surface area contributed by atoms with Crippen molar-refractivity contribution < 1.29 is 4.39 Å². The van der Waals surface area contributed by atoms with Crippen LogP contribution in [0.5, 0.6) is 0 Å². The highest BCUT2D eigenvalue weighted by atomic mass is 79.9. The first kappa shape index (κ1) is 14.6. The number of fused-ring (bicyclic) bond motifs is 1. The predicted octanol–water partition coefficient (Wildman–Crippen LogP) is 6.19. The van der Waals surface area contributed by atoms with Gasteiger partial charge < -0.3 is 5.32 Å². The summed E-state index contributed by atoms with van der Waals surface area (Å²) in [6, 6.07) is 10.3. The predicted molar refractivity (Wildman–Crippen MR) is 89.1 cm³/mol. The van der Waals surface area contributed by atoms with Crippen LogP contribution in [-0.4, -0.2) is 4.98 Å². The maximum absolute atomic E-state index is 14.4. The molecule has 0 saturated carbocycles. The number of rotatable bonds is 2. The molecule has 0 aliphatic heterocycles. The number of pyridine rings is 1. The number of nitrogens with zero attached hydrogens (tertiary/aromatic N) is 1. The smallest absolute Gasteiger partial charge is 0.148 e. The highest BCUT2D eigenvalue weighted by Crippen LogP contribution is 2.35. The van der Waals surface area contributed by atoms with Gasteiger partial charge in [-0.15, -0.1) is 0 Å². The molecule has 0 fully saturated rings. The molecule has 106 valence electrons. The van der Waals surface area contributed by atoms with Crippen LogP contribution in [0.25, 0.3) is 10.9 Å². The quantitative estimate of drug-likeness (QED) is 0.569. The largest absolute Gasteiger partial charge is 0.354 e. The van der Waals surface area contributed by atoms with Gasteiger partial charge >= 0.3 is 0 Å². The van der Waals surface area contributed by atoms with E-state index in [1.165, 1.54) is 0 Å². The zero-order valence-corrected chi connectivity index (χ0v) is 13.6. The minimum atomic E-state index is -0.374. The Labute approximate surface area is 139 Å². The van der Waals surface area contributed by atoms with E-state index in [1.807, 2.05) is 0 Å². The summed E-state index contributed by atoms with van der Waals surface area (Å²) in [4.78, 5) is 4.17. The van der Waals surface area contributed by atoms with Gasteiger partial charge in [-0.2, -0.15) is 0 Å². The van der Waals surface area contributed by atoms with E-state index in [-0.39, 0.29) is 5.82 Å². The number of hydrogen-bond acceptors (Lipinski definition) is 2. The molecule has 0 amide bonds. The molecule has 0 bridgehead atoms. The molecule has 0 radical (unpaired) electrons. The number of nitrogens with one attached hydrogen (secondary N) is 1. The zero-order valence-electron chi connectivity index (χ0n) is 10.5. The van der Waals surface area contributed by atoms with E-state index in [1.54, 1.807) is 42.6 Å². The van der Waals surface area contributed by atoms with Crippen molar-refractivity contribution in [2.24, 2.45) is 0 Å². The summed E-state index contributed by atoms with van der Waals surface area (Å²) in [5.41, 5.74) is 1.73. The maximum Gasteiger partial charge on any atom is 0.148 e. The molecule has 0 unspecified atom stereocenters. The first-order chi connectivity index (χ1) is 10.1. The van der Waals surface area contributed by atoms with E-state index in [0.29, 0.717) is 36.8 Å². The average Bonchev–Trinajstić information content (AvgIpc) is 2.48. The Balaban J connectivity index is 2.17. The molecule has 3 aromatic rings. The van der Waals surface area contributed by atoms with Gasteiger partial charge in [-0.25, -0.2) is 4.39 Å². The fraction of sp³-hybridized carbons (Fsp3) is 0. The van der Waals surface area contributed by atoms with Crippen LogP contribution in [0, 0.1) is 5.82 Å². The van der Waals surface area contributed by atoms with Crippen LogP contribution in [-0.2, 0) is 0 Å². The Hall–Kier alpha value is -1.36. The molecule has 21 heavy (non-hydrogen) atoms. The summed E-state index contributed by atoms with van der Waals surface area (Å²) in [5, 5.41) is 4.32. The molecular weight excluding hydrogens is 378 g/mol. The maximum atomic E-state index is 14.4. The van der Waals surface area contributed by atoms with Gasteiger partial charge in [-0.3, -0.25) is 4.98 Å². The molecule has 2 aromatic carbocycles. The standard InChI is InChI=1S/C15H8BrCl2FN2/c16-8-4-5-10-13(15(8)19)11(6-7-20-10)21-12-3-1-2-9(17)14(12)18/h1-7H,(H,20,21). The number of benzene rings is 2. The van der Waals surface area contributed by atoms with Crippen LogP contribution < -0.4 is 5.32 Å². The van der Waals surface area contributed by atoms with Crippen LogP contribution in [0.2, 0.25) is 10.0 Å². The van der Waals surface area contributed by atoms with Gasteiger partial charge in [-0.1, -0.05) is 29.3 Å². The van der Waals surface area contributed by atoms with Crippen molar-refractivity contribution in [3.63, 3.8) is 0 Å². The van der Waals surface area contributed by atoms with Crippen molar-refractivity contribution in [1.82, 2.24) is 4.98 Å². The molecular formula is C15H8BrCl2FN2. The summed E-state index contributed by atoms with van der Waals surface area (Å²) < 4.78 is 14.7. The highest BCUT2D eigenvalue weighted by Gasteiger charge is 2.12. The summed E-state index contributed by atoms with van der Waals surface area (Å²) in [7, 11) is 0. The molecule has 2 nitrogen and oxygen atoms in total. The lowest BCUT2D eigenvalue weighted by Crippen LogP contribution is -1.96. The Morgan fingerprint density at radius 3 is 2.67 bits per heavy atom. The molecule has 0 aliphatic rings. The van der Waals surface area contributed by atoms with E-state index in [2.05, 4.69) is 26.2 Å². The molecule has 1 N–H and O–H groups in total. The lowest BCUT2D eigenvalue weighted by molar-refractivity contribution is 0.633. The minimum Gasteiger partial charge on any atom is -0.354 e. The SMILES string of the molecule is Fc1c(Br)ccc2nccc(Nc3cccc(Cl)c3Cl)c12. The molecule has 0 atom stereocenters. The third-order valence-corrected chi connectivity index (χ3v) is 4.45. The number of anilines is 2. The van der Waals surface area contributed by atoms with Crippen molar-refractivity contribution >= 4 is 61.4 Å². The van der Waals surface area contributed by atoms with Gasteiger partial charge in [0, 0.05) is 6.20 Å². The lowest BCUT2D eigenvalue weighted by Gasteiger charge is -2.12. The van der Waals surface area contributed by atoms with Crippen molar-refractivity contribution in [3.05, 3.63) is 62.9 Å². The first-order valence-corrected chi connectivity index (χ1v) is 7.56. The molecule has 0 saturated heterocycles. The van der Waals surface area contributed by atoms with E-state index in [4.69, 9.17) is 23.2 Å². The lowest BCUT2D eigenvalue weighted by atomic mass is 10.1. The summed E-state index contributed by atoms with van der Waals surface area (Å²) in [5.74, 6) is -0.374. The van der Waals surface area contributed by atoms with Crippen molar-refractivity contribution in [2.75, 3.05) is 5.32 Å². The van der Waals surface area contributed by atoms with Crippen LogP contribution in [0.1, 0.15) is 0 Å².